The number of nitrogen functional groups attached to an aromatic ring is 1. The molecule has 0 saturated carbocycles. The van der Waals surface area contributed by atoms with Crippen molar-refractivity contribution in [1.82, 2.24) is 29.1 Å². The van der Waals surface area contributed by atoms with E-state index < -0.39 is 83.5 Å². The number of imidazole rings is 2. The Morgan fingerprint density at radius 2 is 1.66 bits per heavy atom. The number of aliphatic hydroxyl groups is 1. The molecule has 0 aromatic carbocycles. The number of nitrogens with two attached hydrogens (primary N) is 2. The molecule has 256 valence electrons. The molecule has 0 amide bonds. The number of anilines is 2. The number of aliphatic imine (C=N–C) groups is 1. The van der Waals surface area contributed by atoms with E-state index in [1.54, 1.807) is 11.9 Å². The van der Waals surface area contributed by atoms with Crippen LogP contribution in [-0.2, 0) is 41.4 Å². The predicted molar refractivity (Wildman–Crippen MR) is 155 cm³/mol. The van der Waals surface area contributed by atoms with Crippen LogP contribution in [0.3, 0.4) is 0 Å². The van der Waals surface area contributed by atoms with Gasteiger partial charge in [-0.25, -0.2) is 24.1 Å². The largest absolute Gasteiger partial charge is 0.472 e. The van der Waals surface area contributed by atoms with Crippen LogP contribution in [0.1, 0.15) is 18.1 Å². The molecule has 4 aliphatic rings. The Hall–Kier alpha value is -3.31. The monoisotopic (exact) mass is 704 g/mol. The highest BCUT2D eigenvalue weighted by molar-refractivity contribution is 7.47. The lowest BCUT2D eigenvalue weighted by Gasteiger charge is -2.27. The van der Waals surface area contributed by atoms with E-state index in [0.717, 1.165) is 0 Å². The van der Waals surface area contributed by atoms with E-state index in [1.807, 2.05) is 0 Å². The van der Waals surface area contributed by atoms with Crippen molar-refractivity contribution in [2.24, 2.45) is 10.7 Å². The number of phosphoric acid groups is 2. The number of nitrogens with one attached hydrogen (secondary N) is 1. The molecule has 10 unspecified atom stereocenters. The normalized spacial score (nSPS) is 37.9. The van der Waals surface area contributed by atoms with Crippen LogP contribution in [0.2, 0.25) is 0 Å². The third-order valence-corrected chi connectivity index (χ3v) is 9.98. The predicted octanol–water partition coefficient (Wildman–Crippen LogP) is -2.10. The molecular formula is C22H30N10O13P2. The maximum atomic E-state index is 13.4. The second-order valence-corrected chi connectivity index (χ2v) is 13.8. The third-order valence-electron chi connectivity index (χ3n) is 8.00. The lowest BCUT2D eigenvalue weighted by atomic mass is 10.1. The molecule has 47 heavy (non-hydrogen) atoms. The number of ether oxygens (including phenoxy) is 3. The highest BCUT2D eigenvalue weighted by atomic mass is 31.2. The summed E-state index contributed by atoms with van der Waals surface area (Å²) in [5.74, 6) is 0.328. The van der Waals surface area contributed by atoms with Crippen LogP contribution >= 0.6 is 15.6 Å². The molecule has 10 atom stereocenters. The van der Waals surface area contributed by atoms with Crippen molar-refractivity contribution in [2.45, 2.75) is 49.1 Å². The zero-order chi connectivity index (χ0) is 33.4. The molecule has 3 aromatic heterocycles. The minimum absolute atomic E-state index is 0.0603. The number of methoxy groups -OCH3 is 1. The summed E-state index contributed by atoms with van der Waals surface area (Å²) in [7, 11) is -7.12. The van der Waals surface area contributed by atoms with Gasteiger partial charge in [0.2, 0.25) is 5.95 Å². The SMILES string of the molecule is COC1C2COP(=O)(O)OC3C(COP(=O)(O)OC1C(n1cnc4c(=O)[nH]c(N)nc41)O2)OC(n1cnc2c1N(C)CN=C2N)C3O. The van der Waals surface area contributed by atoms with Crippen LogP contribution in [0.5, 0.6) is 0 Å². The first-order valence-electron chi connectivity index (χ1n) is 13.9. The molecular weight excluding hydrogens is 674 g/mol. The maximum absolute atomic E-state index is 13.4. The fourth-order valence-corrected chi connectivity index (χ4v) is 7.83. The lowest BCUT2D eigenvalue weighted by Crippen LogP contribution is -2.37. The summed E-state index contributed by atoms with van der Waals surface area (Å²) in [4.78, 5) is 54.5. The molecule has 23 nitrogen and oxygen atoms in total. The molecule has 2 bridgehead atoms. The van der Waals surface area contributed by atoms with Crippen LogP contribution in [0.15, 0.2) is 22.4 Å². The molecule has 25 heteroatoms. The molecule has 3 fully saturated rings. The smallest absolute Gasteiger partial charge is 0.386 e. The molecule has 0 aliphatic carbocycles. The number of fused-ring (bicyclic) bond motifs is 5. The van der Waals surface area contributed by atoms with Gasteiger partial charge < -0.3 is 45.5 Å². The summed E-state index contributed by atoms with van der Waals surface area (Å²) < 4.78 is 68.3. The maximum Gasteiger partial charge on any atom is 0.472 e. The Bertz CT molecular complexity index is 1880. The molecule has 3 saturated heterocycles. The van der Waals surface area contributed by atoms with Gasteiger partial charge in [-0.3, -0.25) is 37.0 Å². The highest BCUT2D eigenvalue weighted by Gasteiger charge is 2.54. The van der Waals surface area contributed by atoms with Gasteiger partial charge in [0, 0.05) is 14.2 Å². The molecule has 3 aromatic rings. The summed E-state index contributed by atoms with van der Waals surface area (Å²) in [6, 6.07) is 0. The van der Waals surface area contributed by atoms with Crippen LogP contribution in [-0.4, -0.2) is 120 Å². The van der Waals surface area contributed by atoms with Gasteiger partial charge in [-0.05, 0) is 0 Å². The van der Waals surface area contributed by atoms with E-state index in [4.69, 9.17) is 43.8 Å². The number of aromatic nitrogens is 6. The van der Waals surface area contributed by atoms with Gasteiger partial charge in [0.1, 0.15) is 60.6 Å². The Labute approximate surface area is 263 Å². The minimum atomic E-state index is -5.04. The summed E-state index contributed by atoms with van der Waals surface area (Å²) in [5, 5.41) is 11.3. The fourth-order valence-electron chi connectivity index (χ4n) is 5.93. The van der Waals surface area contributed by atoms with E-state index in [1.165, 1.54) is 28.9 Å². The first-order valence-corrected chi connectivity index (χ1v) is 16.9. The van der Waals surface area contributed by atoms with Gasteiger partial charge in [-0.15, -0.1) is 0 Å². The van der Waals surface area contributed by atoms with Crippen LogP contribution in [0, 0.1) is 0 Å². The fraction of sp³-hybridized carbons (Fsp3) is 0.591. The number of rotatable bonds is 3. The van der Waals surface area contributed by atoms with Crippen LogP contribution in [0.25, 0.3) is 11.2 Å². The first kappa shape index (κ1) is 32.2. The highest BCUT2D eigenvalue weighted by Crippen LogP contribution is 2.54. The second-order valence-electron chi connectivity index (χ2n) is 11.0. The molecule has 0 radical (unpaired) electrons. The first-order chi connectivity index (χ1) is 22.3. The van der Waals surface area contributed by atoms with Gasteiger partial charge >= 0.3 is 15.6 Å². The summed E-state index contributed by atoms with van der Waals surface area (Å²) >= 11 is 0. The summed E-state index contributed by atoms with van der Waals surface area (Å²) in [6.45, 7) is -1.27. The molecule has 7 rings (SSSR count). The quantitative estimate of drug-likeness (QED) is 0.159. The van der Waals surface area contributed by atoms with Crippen molar-refractivity contribution in [1.29, 1.82) is 0 Å². The van der Waals surface area contributed by atoms with Crippen molar-refractivity contribution in [3.8, 4) is 0 Å². The van der Waals surface area contributed by atoms with Gasteiger partial charge in [0.05, 0.1) is 25.9 Å². The number of aromatic amines is 1. The van der Waals surface area contributed by atoms with Gasteiger partial charge in [-0.2, -0.15) is 4.98 Å². The lowest BCUT2D eigenvalue weighted by molar-refractivity contribution is -0.0676. The average molecular weight is 704 g/mol. The standard InChI is InChI=1S/C22H30N10O13P2/c1-30-5-27-16(23)10-19(30)32(7-25-10)20-12(33)13-8(42-20)3-40-47(37,38)45-15-14(39-2)9(4-41-46(35,36)44-13)43-21(15)31-6-26-11-17(31)28-22(24)29-18(11)34/h6-9,12-15,20-21,33H,3-5H2,1-2H3,(H2,23,27)(H,35,36)(H,37,38)(H3,24,28,29,34). The van der Waals surface area contributed by atoms with Crippen LogP contribution in [0.4, 0.5) is 11.8 Å². The number of H-pyrrole nitrogens is 1. The number of nitrogens with zero attached hydrogens (tertiary/aromatic N) is 7. The third kappa shape index (κ3) is 5.67. The van der Waals surface area contributed by atoms with Gasteiger partial charge in [-0.1, -0.05) is 0 Å². The van der Waals surface area contributed by atoms with E-state index >= 15 is 0 Å². The zero-order valence-electron chi connectivity index (χ0n) is 24.5. The minimum Gasteiger partial charge on any atom is -0.386 e. The number of hydrogen-bond donors (Lipinski definition) is 6. The van der Waals surface area contributed by atoms with Gasteiger partial charge in [0.25, 0.3) is 5.56 Å². The summed E-state index contributed by atoms with van der Waals surface area (Å²) in [6.07, 6.45) is -8.76. The van der Waals surface area contributed by atoms with E-state index in [9.17, 15) is 28.8 Å². The zero-order valence-corrected chi connectivity index (χ0v) is 26.3. The number of phosphoric ester groups is 2. The van der Waals surface area contributed by atoms with Crippen molar-refractivity contribution in [3.05, 3.63) is 28.7 Å². The Kier molecular flexibility index (Phi) is 8.02. The molecule has 8 N–H and O–H groups in total. The number of hydrogen-bond acceptors (Lipinski definition) is 18. The van der Waals surface area contributed by atoms with Gasteiger partial charge in [0.15, 0.2) is 23.6 Å². The number of aliphatic hydroxyl groups excluding tert-OH is 1. The number of amidine groups is 1. The van der Waals surface area contributed by atoms with Crippen molar-refractivity contribution in [3.63, 3.8) is 0 Å². The topological polar surface area (TPSA) is 308 Å². The van der Waals surface area contributed by atoms with Crippen molar-refractivity contribution < 1.29 is 56.3 Å². The molecule has 7 heterocycles. The van der Waals surface area contributed by atoms with E-state index in [0.29, 0.717) is 11.5 Å². The van der Waals surface area contributed by atoms with Crippen molar-refractivity contribution in [2.75, 3.05) is 44.7 Å². The van der Waals surface area contributed by atoms with Crippen molar-refractivity contribution >= 4 is 44.4 Å². The van der Waals surface area contributed by atoms with E-state index in [-0.39, 0.29) is 29.6 Å². The summed E-state index contributed by atoms with van der Waals surface area (Å²) in [5.41, 5.74) is 11.2. The molecule has 0 spiro atoms. The Morgan fingerprint density at radius 1 is 1.00 bits per heavy atom. The van der Waals surface area contributed by atoms with E-state index in [2.05, 4.69) is 24.9 Å². The van der Waals surface area contributed by atoms with Crippen LogP contribution < -0.4 is 21.9 Å². The second kappa shape index (κ2) is 11.7. The Balaban J connectivity index is 1.21. The average Bonchev–Trinajstić information content (AvgIpc) is 3.77. The Morgan fingerprint density at radius 3 is 2.38 bits per heavy atom. The molecule has 4 aliphatic heterocycles.